The Morgan fingerprint density at radius 1 is 1.57 bits per heavy atom. The van der Waals surface area contributed by atoms with Crippen LogP contribution in [0.2, 0.25) is 5.02 Å². The van der Waals surface area contributed by atoms with Crippen LogP contribution in [0.15, 0.2) is 18.2 Å². The molecular weight excluding hydrogens is 314 g/mol. The van der Waals surface area contributed by atoms with Crippen LogP contribution in [0, 0.1) is 3.57 Å². The number of hydrogen-bond donors (Lipinski definition) is 1. The monoisotopic (exact) mass is 326 g/mol. The van der Waals surface area contributed by atoms with E-state index in [0.29, 0.717) is 18.2 Å². The Balaban J connectivity index is 2.70. The minimum absolute atomic E-state index is 0.313. The van der Waals surface area contributed by atoms with E-state index in [-0.39, 0.29) is 0 Å². The van der Waals surface area contributed by atoms with Crippen LogP contribution < -0.4 is 0 Å². The van der Waals surface area contributed by atoms with E-state index in [1.165, 1.54) is 0 Å². The predicted octanol–water partition coefficient (Wildman–Crippen LogP) is 3.01. The fourth-order valence-corrected chi connectivity index (χ4v) is 1.57. The number of hydrogen-bond acceptors (Lipinski definition) is 2. The van der Waals surface area contributed by atoms with Gasteiger partial charge in [-0.05, 0) is 47.2 Å². The number of ether oxygens (including phenoxy) is 1. The number of aliphatic hydroxyl groups excluding tert-OH is 1. The van der Waals surface area contributed by atoms with Gasteiger partial charge in [0.2, 0.25) is 0 Å². The Morgan fingerprint density at radius 2 is 2.29 bits per heavy atom. The molecule has 14 heavy (non-hydrogen) atoms. The van der Waals surface area contributed by atoms with Crippen molar-refractivity contribution in [3.63, 3.8) is 0 Å². The van der Waals surface area contributed by atoms with Crippen molar-refractivity contribution in [2.45, 2.75) is 13.0 Å². The Labute approximate surface area is 102 Å². The fraction of sp³-hybridized carbons (Fsp3) is 0.400. The van der Waals surface area contributed by atoms with E-state index in [1.54, 1.807) is 6.07 Å². The molecule has 1 aromatic carbocycles. The van der Waals surface area contributed by atoms with Crippen molar-refractivity contribution in [2.75, 3.05) is 13.2 Å². The molecule has 0 amide bonds. The summed E-state index contributed by atoms with van der Waals surface area (Å²) in [7, 11) is 0. The van der Waals surface area contributed by atoms with Crippen LogP contribution in [0.25, 0.3) is 0 Å². The predicted molar refractivity (Wildman–Crippen MR) is 65.6 cm³/mol. The maximum absolute atomic E-state index is 9.68. The molecule has 0 aliphatic carbocycles. The van der Waals surface area contributed by atoms with Gasteiger partial charge in [0.05, 0.1) is 11.6 Å². The van der Waals surface area contributed by atoms with E-state index < -0.39 is 6.10 Å². The lowest BCUT2D eigenvalue weighted by atomic mass is 10.1. The summed E-state index contributed by atoms with van der Waals surface area (Å²) in [6.07, 6.45) is -0.593. The highest BCUT2D eigenvalue weighted by Crippen LogP contribution is 2.23. The normalized spacial score (nSPS) is 12.9. The van der Waals surface area contributed by atoms with Crippen LogP contribution in [-0.2, 0) is 4.74 Å². The van der Waals surface area contributed by atoms with Crippen molar-refractivity contribution < 1.29 is 9.84 Å². The third-order valence-corrected chi connectivity index (χ3v) is 3.38. The van der Waals surface area contributed by atoms with Crippen molar-refractivity contribution in [1.29, 1.82) is 0 Å². The van der Waals surface area contributed by atoms with Crippen LogP contribution in [-0.4, -0.2) is 18.3 Å². The molecule has 0 saturated heterocycles. The summed E-state index contributed by atoms with van der Waals surface area (Å²) >= 11 is 8.08. The second-order valence-electron chi connectivity index (χ2n) is 2.85. The van der Waals surface area contributed by atoms with E-state index in [1.807, 2.05) is 19.1 Å². The topological polar surface area (TPSA) is 29.5 Å². The molecule has 0 aliphatic rings. The molecule has 1 atom stereocenters. The summed E-state index contributed by atoms with van der Waals surface area (Å²) in [5, 5.41) is 10.3. The van der Waals surface area contributed by atoms with E-state index in [2.05, 4.69) is 22.6 Å². The molecule has 0 saturated carbocycles. The van der Waals surface area contributed by atoms with Gasteiger partial charge >= 0.3 is 0 Å². The van der Waals surface area contributed by atoms with Crippen molar-refractivity contribution >= 4 is 34.2 Å². The third kappa shape index (κ3) is 3.38. The standard InChI is InChI=1S/C10H12ClIO2/c1-2-14-6-10(13)7-3-4-9(12)8(11)5-7/h3-5,10,13H,2,6H2,1H3. The smallest absolute Gasteiger partial charge is 0.102 e. The third-order valence-electron chi connectivity index (χ3n) is 1.81. The molecule has 4 heteroatoms. The van der Waals surface area contributed by atoms with E-state index in [4.69, 9.17) is 16.3 Å². The van der Waals surface area contributed by atoms with Crippen LogP contribution in [0.4, 0.5) is 0 Å². The summed E-state index contributed by atoms with van der Waals surface area (Å²) in [5.74, 6) is 0. The molecule has 0 heterocycles. The van der Waals surface area contributed by atoms with E-state index >= 15 is 0 Å². The van der Waals surface area contributed by atoms with Gasteiger partial charge in [-0.3, -0.25) is 0 Å². The quantitative estimate of drug-likeness (QED) is 0.862. The van der Waals surface area contributed by atoms with Gasteiger partial charge in [-0.25, -0.2) is 0 Å². The molecule has 1 rings (SSSR count). The van der Waals surface area contributed by atoms with Gasteiger partial charge in [0.15, 0.2) is 0 Å². The first-order valence-corrected chi connectivity index (χ1v) is 5.81. The average molecular weight is 327 g/mol. The van der Waals surface area contributed by atoms with Gasteiger partial charge in [0.1, 0.15) is 6.10 Å². The molecule has 0 bridgehead atoms. The van der Waals surface area contributed by atoms with E-state index in [9.17, 15) is 5.11 Å². The van der Waals surface area contributed by atoms with Crippen molar-refractivity contribution in [1.82, 2.24) is 0 Å². The Morgan fingerprint density at radius 3 is 2.86 bits per heavy atom. The lowest BCUT2D eigenvalue weighted by Gasteiger charge is -2.11. The summed E-state index contributed by atoms with van der Waals surface area (Å²) in [6, 6.07) is 5.51. The maximum atomic E-state index is 9.68. The van der Waals surface area contributed by atoms with Crippen molar-refractivity contribution in [3.8, 4) is 0 Å². The number of aliphatic hydroxyl groups is 1. The first kappa shape index (κ1) is 12.2. The molecular formula is C10H12ClIO2. The fourth-order valence-electron chi connectivity index (χ4n) is 1.05. The van der Waals surface area contributed by atoms with Crippen LogP contribution in [0.1, 0.15) is 18.6 Å². The van der Waals surface area contributed by atoms with Gasteiger partial charge in [-0.1, -0.05) is 17.7 Å². The molecule has 1 aromatic rings. The van der Waals surface area contributed by atoms with Gasteiger partial charge in [-0.2, -0.15) is 0 Å². The van der Waals surface area contributed by atoms with Crippen LogP contribution >= 0.6 is 34.2 Å². The summed E-state index contributed by atoms with van der Waals surface area (Å²) in [5.41, 5.74) is 0.795. The van der Waals surface area contributed by atoms with Gasteiger partial charge in [-0.15, -0.1) is 0 Å². The van der Waals surface area contributed by atoms with Crippen molar-refractivity contribution in [2.24, 2.45) is 0 Å². The van der Waals surface area contributed by atoms with Gasteiger partial charge in [0.25, 0.3) is 0 Å². The lowest BCUT2D eigenvalue weighted by molar-refractivity contribution is 0.0420. The number of benzene rings is 1. The molecule has 1 unspecified atom stereocenters. The van der Waals surface area contributed by atoms with Crippen LogP contribution in [0.3, 0.4) is 0 Å². The molecule has 0 spiro atoms. The van der Waals surface area contributed by atoms with E-state index in [0.717, 1.165) is 9.13 Å². The Bertz CT molecular complexity index is 304. The SMILES string of the molecule is CCOCC(O)c1ccc(I)c(Cl)c1. The summed E-state index contributed by atoms with van der Waals surface area (Å²) in [4.78, 5) is 0. The number of halogens is 2. The molecule has 1 N–H and O–H groups in total. The Kier molecular flexibility index (Phi) is 5.15. The minimum Gasteiger partial charge on any atom is -0.386 e. The highest BCUT2D eigenvalue weighted by atomic mass is 127. The second kappa shape index (κ2) is 5.90. The zero-order valence-electron chi connectivity index (χ0n) is 7.84. The highest BCUT2D eigenvalue weighted by Gasteiger charge is 2.08. The molecule has 0 fully saturated rings. The highest BCUT2D eigenvalue weighted by molar-refractivity contribution is 14.1. The summed E-state index contributed by atoms with van der Waals surface area (Å²) < 4.78 is 6.11. The zero-order valence-corrected chi connectivity index (χ0v) is 10.7. The largest absolute Gasteiger partial charge is 0.386 e. The van der Waals surface area contributed by atoms with Gasteiger partial charge < -0.3 is 9.84 Å². The molecule has 0 aliphatic heterocycles. The molecule has 78 valence electrons. The Hall–Kier alpha value is 0.160. The first-order valence-electron chi connectivity index (χ1n) is 4.36. The number of rotatable bonds is 4. The van der Waals surface area contributed by atoms with Crippen molar-refractivity contribution in [3.05, 3.63) is 32.4 Å². The molecule has 2 nitrogen and oxygen atoms in total. The maximum Gasteiger partial charge on any atom is 0.102 e. The van der Waals surface area contributed by atoms with Crippen LogP contribution in [0.5, 0.6) is 0 Å². The molecule has 0 radical (unpaired) electrons. The summed E-state index contributed by atoms with van der Waals surface area (Å²) in [6.45, 7) is 2.82. The first-order chi connectivity index (χ1) is 6.65. The lowest BCUT2D eigenvalue weighted by Crippen LogP contribution is -2.07. The van der Waals surface area contributed by atoms with Gasteiger partial charge in [0, 0.05) is 10.2 Å². The minimum atomic E-state index is -0.593. The average Bonchev–Trinajstić information content (AvgIpc) is 2.18. The molecule has 0 aromatic heterocycles. The zero-order chi connectivity index (χ0) is 10.6. The second-order valence-corrected chi connectivity index (χ2v) is 4.42.